The first-order valence-corrected chi connectivity index (χ1v) is 5.23. The summed E-state index contributed by atoms with van der Waals surface area (Å²) in [5.74, 6) is -3.04. The Hall–Kier alpha value is -1.75. The van der Waals surface area contributed by atoms with Crippen LogP contribution in [-0.4, -0.2) is 21.5 Å². The van der Waals surface area contributed by atoms with E-state index in [1.165, 1.54) is 10.9 Å². The molecule has 1 N–H and O–H groups in total. The van der Waals surface area contributed by atoms with E-state index in [9.17, 15) is 8.78 Å². The average Bonchev–Trinajstić information content (AvgIpc) is 2.80. The molecule has 0 aliphatic heterocycles. The summed E-state index contributed by atoms with van der Waals surface area (Å²) >= 11 is 0. The van der Waals surface area contributed by atoms with Crippen molar-refractivity contribution in [3.8, 4) is 5.69 Å². The fourth-order valence-electron chi connectivity index (χ4n) is 1.52. The van der Waals surface area contributed by atoms with Crippen LogP contribution in [0.5, 0.6) is 0 Å². The first kappa shape index (κ1) is 11.7. The molecule has 3 nitrogen and oxygen atoms in total. The highest BCUT2D eigenvalue weighted by molar-refractivity contribution is 5.31. The lowest BCUT2D eigenvalue weighted by molar-refractivity contribution is -0.0269. The number of hydrogen-bond acceptors (Lipinski definition) is 2. The monoisotopic (exact) mass is 238 g/mol. The number of aromatic nitrogens is 2. The van der Waals surface area contributed by atoms with Crippen LogP contribution in [0.2, 0.25) is 0 Å². The number of nitrogens with zero attached hydrogens (tertiary/aromatic N) is 2. The van der Waals surface area contributed by atoms with Gasteiger partial charge >= 0.3 is 0 Å². The van der Waals surface area contributed by atoms with Crippen LogP contribution in [0.1, 0.15) is 12.0 Å². The molecule has 0 bridgehead atoms. The highest BCUT2D eigenvalue weighted by Gasteiger charge is 2.32. The van der Waals surface area contributed by atoms with Crippen molar-refractivity contribution < 1.29 is 13.9 Å². The molecular weight excluding hydrogens is 226 g/mol. The number of aliphatic hydroxyl groups excluding tert-OH is 1. The minimum Gasteiger partial charge on any atom is -0.396 e. The van der Waals surface area contributed by atoms with Crippen molar-refractivity contribution in [1.82, 2.24) is 9.78 Å². The van der Waals surface area contributed by atoms with Crippen molar-refractivity contribution in [2.24, 2.45) is 0 Å². The molecule has 0 spiro atoms. The highest BCUT2D eigenvalue weighted by atomic mass is 19.3. The third-order valence-electron chi connectivity index (χ3n) is 2.45. The quantitative estimate of drug-likeness (QED) is 0.887. The lowest BCUT2D eigenvalue weighted by atomic mass is 10.1. The SMILES string of the molecule is OCCC(F)(F)c1cnn(-c2ccccc2)c1. The van der Waals surface area contributed by atoms with Crippen LogP contribution in [-0.2, 0) is 5.92 Å². The molecule has 2 rings (SSSR count). The lowest BCUT2D eigenvalue weighted by Crippen LogP contribution is -2.14. The number of benzene rings is 1. The molecule has 0 saturated carbocycles. The molecule has 2 aromatic rings. The van der Waals surface area contributed by atoms with E-state index in [4.69, 9.17) is 5.11 Å². The molecule has 0 radical (unpaired) electrons. The molecule has 1 aromatic heterocycles. The van der Waals surface area contributed by atoms with Gasteiger partial charge in [0.25, 0.3) is 5.92 Å². The Morgan fingerprint density at radius 3 is 2.59 bits per heavy atom. The third kappa shape index (κ3) is 2.50. The molecule has 5 heteroatoms. The fraction of sp³-hybridized carbons (Fsp3) is 0.250. The van der Waals surface area contributed by atoms with Crippen LogP contribution in [0, 0.1) is 0 Å². The van der Waals surface area contributed by atoms with Gasteiger partial charge in [-0.2, -0.15) is 5.10 Å². The van der Waals surface area contributed by atoms with E-state index in [1.54, 1.807) is 12.1 Å². The van der Waals surface area contributed by atoms with E-state index in [0.717, 1.165) is 11.9 Å². The van der Waals surface area contributed by atoms with Crippen molar-refractivity contribution in [3.63, 3.8) is 0 Å². The predicted molar refractivity (Wildman–Crippen MR) is 59.2 cm³/mol. The Morgan fingerprint density at radius 1 is 1.24 bits per heavy atom. The number of para-hydroxylation sites is 1. The van der Waals surface area contributed by atoms with Gasteiger partial charge in [-0.3, -0.25) is 0 Å². The van der Waals surface area contributed by atoms with Crippen molar-refractivity contribution in [1.29, 1.82) is 0 Å². The summed E-state index contributed by atoms with van der Waals surface area (Å²) in [5, 5.41) is 12.5. The molecule has 17 heavy (non-hydrogen) atoms. The van der Waals surface area contributed by atoms with Crippen molar-refractivity contribution in [2.75, 3.05) is 6.61 Å². The van der Waals surface area contributed by atoms with E-state index in [-0.39, 0.29) is 5.56 Å². The molecule has 0 aliphatic carbocycles. The van der Waals surface area contributed by atoms with E-state index in [1.807, 2.05) is 18.2 Å². The predicted octanol–water partition coefficient (Wildman–Crippen LogP) is 2.35. The number of hydrogen-bond donors (Lipinski definition) is 1. The zero-order chi connectivity index (χ0) is 12.3. The molecule has 0 unspecified atom stereocenters. The van der Waals surface area contributed by atoms with Gasteiger partial charge in [-0.1, -0.05) is 18.2 Å². The zero-order valence-electron chi connectivity index (χ0n) is 9.05. The van der Waals surface area contributed by atoms with E-state index in [2.05, 4.69) is 5.10 Å². The minimum atomic E-state index is -3.04. The number of alkyl halides is 2. The van der Waals surface area contributed by atoms with Gasteiger partial charge in [0.05, 0.1) is 17.4 Å². The maximum absolute atomic E-state index is 13.5. The van der Waals surface area contributed by atoms with Gasteiger partial charge in [0.15, 0.2) is 0 Å². The molecule has 0 amide bonds. The van der Waals surface area contributed by atoms with Crippen molar-refractivity contribution in [3.05, 3.63) is 48.3 Å². The smallest absolute Gasteiger partial charge is 0.278 e. The molecule has 1 aromatic carbocycles. The molecule has 0 fully saturated rings. The normalized spacial score (nSPS) is 11.7. The second-order valence-corrected chi connectivity index (χ2v) is 3.69. The second-order valence-electron chi connectivity index (χ2n) is 3.69. The Morgan fingerprint density at radius 2 is 1.94 bits per heavy atom. The third-order valence-corrected chi connectivity index (χ3v) is 2.45. The van der Waals surface area contributed by atoms with Gasteiger partial charge in [0.2, 0.25) is 0 Å². The Kier molecular flexibility index (Phi) is 3.19. The van der Waals surface area contributed by atoms with Gasteiger partial charge in [0, 0.05) is 19.2 Å². The minimum absolute atomic E-state index is 0.185. The van der Waals surface area contributed by atoms with E-state index < -0.39 is 19.0 Å². The molecule has 0 atom stereocenters. The molecule has 0 aliphatic rings. The van der Waals surface area contributed by atoms with Crippen molar-refractivity contribution >= 4 is 0 Å². The Bertz CT molecular complexity index is 482. The zero-order valence-corrected chi connectivity index (χ0v) is 9.05. The first-order valence-electron chi connectivity index (χ1n) is 5.23. The second kappa shape index (κ2) is 4.63. The maximum Gasteiger partial charge on any atom is 0.278 e. The van der Waals surface area contributed by atoms with Crippen LogP contribution in [0.25, 0.3) is 5.69 Å². The topological polar surface area (TPSA) is 38.1 Å². The number of aliphatic hydroxyl groups is 1. The van der Waals surface area contributed by atoms with E-state index in [0.29, 0.717) is 0 Å². The summed E-state index contributed by atoms with van der Waals surface area (Å²) in [4.78, 5) is 0. The number of halogens is 2. The molecule has 0 saturated heterocycles. The van der Waals surface area contributed by atoms with Crippen LogP contribution < -0.4 is 0 Å². The first-order chi connectivity index (χ1) is 8.13. The van der Waals surface area contributed by atoms with Crippen LogP contribution in [0.3, 0.4) is 0 Å². The molecule has 90 valence electrons. The molecule has 1 heterocycles. The summed E-state index contributed by atoms with van der Waals surface area (Å²) in [5.41, 5.74) is 0.536. The Balaban J connectivity index is 2.28. The van der Waals surface area contributed by atoms with Gasteiger partial charge in [-0.15, -0.1) is 0 Å². The van der Waals surface area contributed by atoms with Gasteiger partial charge in [-0.25, -0.2) is 13.5 Å². The van der Waals surface area contributed by atoms with Crippen LogP contribution in [0.15, 0.2) is 42.7 Å². The summed E-state index contributed by atoms with van der Waals surface area (Å²) in [6, 6.07) is 9.02. The Labute approximate surface area is 97.3 Å². The summed E-state index contributed by atoms with van der Waals surface area (Å²) in [6.45, 7) is -0.552. The van der Waals surface area contributed by atoms with Crippen LogP contribution in [0.4, 0.5) is 8.78 Å². The lowest BCUT2D eigenvalue weighted by Gasteiger charge is -2.11. The largest absolute Gasteiger partial charge is 0.396 e. The number of rotatable bonds is 4. The van der Waals surface area contributed by atoms with E-state index >= 15 is 0 Å². The summed E-state index contributed by atoms with van der Waals surface area (Å²) in [6.07, 6.45) is 1.82. The standard InChI is InChI=1S/C12H12F2N2O/c13-12(14,6-7-17)10-8-15-16(9-10)11-4-2-1-3-5-11/h1-5,8-9,17H,6-7H2. The van der Waals surface area contributed by atoms with Gasteiger partial charge < -0.3 is 5.11 Å². The van der Waals surface area contributed by atoms with Crippen LogP contribution >= 0.6 is 0 Å². The van der Waals surface area contributed by atoms with Crippen molar-refractivity contribution in [2.45, 2.75) is 12.3 Å². The highest BCUT2D eigenvalue weighted by Crippen LogP contribution is 2.31. The summed E-state index contributed by atoms with van der Waals surface area (Å²) < 4.78 is 28.3. The fourth-order valence-corrected chi connectivity index (χ4v) is 1.52. The van der Waals surface area contributed by atoms with Gasteiger partial charge in [0.1, 0.15) is 0 Å². The molecular formula is C12H12F2N2O. The summed E-state index contributed by atoms with van der Waals surface area (Å²) in [7, 11) is 0. The maximum atomic E-state index is 13.5. The van der Waals surface area contributed by atoms with Gasteiger partial charge in [-0.05, 0) is 12.1 Å². The average molecular weight is 238 g/mol.